The number of nitrogens with zero attached hydrogens (tertiary/aromatic N) is 3. The van der Waals surface area contributed by atoms with Crippen molar-refractivity contribution in [3.63, 3.8) is 0 Å². The summed E-state index contributed by atoms with van der Waals surface area (Å²) in [5.74, 6) is -5.18. The van der Waals surface area contributed by atoms with Crippen molar-refractivity contribution in [2.24, 2.45) is 11.8 Å². The average Bonchev–Trinajstić information content (AvgIpc) is 3.06. The summed E-state index contributed by atoms with van der Waals surface area (Å²) in [4.78, 5) is 28.8. The van der Waals surface area contributed by atoms with Crippen molar-refractivity contribution in [2.75, 3.05) is 50.7 Å². The number of hydrogen-bond donors (Lipinski definition) is 1. The Bertz CT molecular complexity index is 733. The molecule has 28 heavy (non-hydrogen) atoms. The normalized spacial score (nSPS) is 23.9. The Kier molecular flexibility index (Phi) is 5.83. The van der Waals surface area contributed by atoms with Gasteiger partial charge in [-0.2, -0.15) is 13.2 Å². The van der Waals surface area contributed by atoms with E-state index in [0.29, 0.717) is 26.2 Å². The third-order valence-corrected chi connectivity index (χ3v) is 5.49. The van der Waals surface area contributed by atoms with Crippen LogP contribution in [0.5, 0.6) is 0 Å². The van der Waals surface area contributed by atoms with Gasteiger partial charge in [-0.15, -0.1) is 0 Å². The van der Waals surface area contributed by atoms with Gasteiger partial charge in [0.05, 0.1) is 18.4 Å². The number of carbonyl (C=O) groups excluding carboxylic acids is 1. The molecule has 2 fully saturated rings. The number of rotatable bonds is 4. The summed E-state index contributed by atoms with van der Waals surface area (Å²) in [6.45, 7) is 3.41. The van der Waals surface area contributed by atoms with Gasteiger partial charge >= 0.3 is 12.1 Å². The molecule has 3 rings (SSSR count). The summed E-state index contributed by atoms with van der Waals surface area (Å²) < 4.78 is 39.2. The van der Waals surface area contributed by atoms with Crippen LogP contribution in [0.2, 0.25) is 0 Å². The summed E-state index contributed by atoms with van der Waals surface area (Å²) >= 11 is 0. The Morgan fingerprint density at radius 2 is 1.82 bits per heavy atom. The molecule has 1 aromatic rings. The van der Waals surface area contributed by atoms with Crippen LogP contribution in [0.25, 0.3) is 0 Å². The molecule has 154 valence electrons. The molecule has 2 aliphatic heterocycles. The molecular weight excluding hydrogens is 375 g/mol. The van der Waals surface area contributed by atoms with Gasteiger partial charge in [0.15, 0.2) is 0 Å². The van der Waals surface area contributed by atoms with Gasteiger partial charge in [-0.25, -0.2) is 0 Å². The smallest absolute Gasteiger partial charge is 0.393 e. The molecule has 0 unspecified atom stereocenters. The van der Waals surface area contributed by atoms with E-state index in [0.717, 1.165) is 11.3 Å². The minimum Gasteiger partial charge on any atom is -0.481 e. The minimum absolute atomic E-state index is 0.180. The van der Waals surface area contributed by atoms with Gasteiger partial charge in [-0.3, -0.25) is 14.5 Å². The second kappa shape index (κ2) is 7.98. The predicted molar refractivity (Wildman–Crippen MR) is 97.1 cm³/mol. The van der Waals surface area contributed by atoms with E-state index in [1.54, 1.807) is 4.90 Å². The lowest BCUT2D eigenvalue weighted by Gasteiger charge is -2.37. The Labute approximate surface area is 161 Å². The number of carbonyl (C=O) groups is 2. The van der Waals surface area contributed by atoms with Crippen LogP contribution < -0.4 is 4.90 Å². The fraction of sp³-hybridized carbons (Fsp3) is 0.579. The molecule has 9 heteroatoms. The quantitative estimate of drug-likeness (QED) is 0.837. The zero-order valence-electron chi connectivity index (χ0n) is 15.7. The molecular formula is C19H24F3N3O3. The van der Waals surface area contributed by atoms with Crippen molar-refractivity contribution >= 4 is 17.6 Å². The highest BCUT2D eigenvalue weighted by Gasteiger charge is 2.52. The number of halogens is 3. The van der Waals surface area contributed by atoms with Crippen LogP contribution in [0.15, 0.2) is 24.3 Å². The monoisotopic (exact) mass is 399 g/mol. The maximum atomic E-state index is 13.1. The molecule has 2 heterocycles. The van der Waals surface area contributed by atoms with Crippen molar-refractivity contribution in [2.45, 2.75) is 13.1 Å². The highest BCUT2D eigenvalue weighted by Crippen LogP contribution is 2.37. The summed E-state index contributed by atoms with van der Waals surface area (Å²) in [5, 5.41) is 9.08. The number of anilines is 1. The van der Waals surface area contributed by atoms with Crippen LogP contribution in [-0.4, -0.2) is 78.8 Å². The SMILES string of the molecule is Cc1cccc(N2CCN(C(=O)CN3C[C@@H](C(F)(F)F)[C@H](C(=O)O)C3)CC2)c1. The van der Waals surface area contributed by atoms with Gasteiger partial charge in [-0.05, 0) is 24.6 Å². The lowest BCUT2D eigenvalue weighted by atomic mass is 9.96. The number of amides is 1. The number of alkyl halides is 3. The Balaban J connectivity index is 1.54. The number of aliphatic carboxylic acids is 1. The first-order valence-corrected chi connectivity index (χ1v) is 9.26. The lowest BCUT2D eigenvalue weighted by Crippen LogP contribution is -2.51. The fourth-order valence-electron chi connectivity index (χ4n) is 3.93. The molecule has 0 aliphatic carbocycles. The first-order valence-electron chi connectivity index (χ1n) is 9.26. The average molecular weight is 399 g/mol. The number of carboxylic acid groups (broad SMARTS) is 1. The molecule has 2 aliphatic rings. The number of likely N-dealkylation sites (tertiary alicyclic amines) is 1. The van der Waals surface area contributed by atoms with E-state index in [-0.39, 0.29) is 19.0 Å². The number of benzene rings is 1. The maximum absolute atomic E-state index is 13.1. The van der Waals surface area contributed by atoms with Crippen LogP contribution in [0.4, 0.5) is 18.9 Å². The lowest BCUT2D eigenvalue weighted by molar-refractivity contribution is -0.188. The number of hydrogen-bond acceptors (Lipinski definition) is 4. The Hall–Kier alpha value is -2.29. The predicted octanol–water partition coefficient (Wildman–Crippen LogP) is 1.84. The zero-order valence-corrected chi connectivity index (χ0v) is 15.7. The fourth-order valence-corrected chi connectivity index (χ4v) is 3.93. The van der Waals surface area contributed by atoms with E-state index in [1.807, 2.05) is 25.1 Å². The second-order valence-corrected chi connectivity index (χ2v) is 7.49. The summed E-state index contributed by atoms with van der Waals surface area (Å²) in [6, 6.07) is 8.08. The largest absolute Gasteiger partial charge is 0.481 e. The third-order valence-electron chi connectivity index (χ3n) is 5.49. The van der Waals surface area contributed by atoms with E-state index < -0.39 is 30.5 Å². The maximum Gasteiger partial charge on any atom is 0.393 e. The van der Waals surface area contributed by atoms with Crippen LogP contribution >= 0.6 is 0 Å². The highest BCUT2D eigenvalue weighted by atomic mass is 19.4. The van der Waals surface area contributed by atoms with E-state index in [9.17, 15) is 22.8 Å². The standard InChI is InChI=1S/C19H24F3N3O3/c1-13-3-2-4-14(9-13)24-5-7-25(8-6-24)17(26)12-23-10-15(18(27)28)16(11-23)19(20,21)22/h2-4,9,15-16H,5-8,10-12H2,1H3,(H,27,28)/t15-,16-/m1/s1. The van der Waals surface area contributed by atoms with Gasteiger partial charge in [0, 0.05) is 45.0 Å². The van der Waals surface area contributed by atoms with Crippen LogP contribution in [0.3, 0.4) is 0 Å². The molecule has 2 atom stereocenters. The summed E-state index contributed by atoms with van der Waals surface area (Å²) in [5.41, 5.74) is 2.24. The summed E-state index contributed by atoms with van der Waals surface area (Å²) in [7, 11) is 0. The number of piperazine rings is 1. The Morgan fingerprint density at radius 1 is 1.14 bits per heavy atom. The molecule has 6 nitrogen and oxygen atoms in total. The topological polar surface area (TPSA) is 64.1 Å². The first-order chi connectivity index (χ1) is 13.1. The number of carboxylic acids is 1. The van der Waals surface area contributed by atoms with Crippen molar-refractivity contribution in [1.82, 2.24) is 9.80 Å². The molecule has 2 saturated heterocycles. The van der Waals surface area contributed by atoms with E-state index in [1.165, 1.54) is 4.90 Å². The molecule has 0 radical (unpaired) electrons. The highest BCUT2D eigenvalue weighted by molar-refractivity contribution is 5.79. The van der Waals surface area contributed by atoms with Gasteiger partial charge in [0.25, 0.3) is 0 Å². The molecule has 1 N–H and O–H groups in total. The second-order valence-electron chi connectivity index (χ2n) is 7.49. The van der Waals surface area contributed by atoms with Crippen LogP contribution in [0.1, 0.15) is 5.56 Å². The van der Waals surface area contributed by atoms with Gasteiger partial charge < -0.3 is 14.9 Å². The van der Waals surface area contributed by atoms with E-state index in [4.69, 9.17) is 5.11 Å². The van der Waals surface area contributed by atoms with Gasteiger partial charge in [-0.1, -0.05) is 12.1 Å². The van der Waals surface area contributed by atoms with Crippen LogP contribution in [0, 0.1) is 18.8 Å². The zero-order chi connectivity index (χ0) is 20.5. The van der Waals surface area contributed by atoms with Crippen molar-refractivity contribution in [1.29, 1.82) is 0 Å². The molecule has 0 aromatic heterocycles. The molecule has 0 saturated carbocycles. The number of aryl methyl sites for hydroxylation is 1. The van der Waals surface area contributed by atoms with E-state index in [2.05, 4.69) is 11.0 Å². The molecule has 1 aromatic carbocycles. The minimum atomic E-state index is -4.58. The molecule has 0 bridgehead atoms. The summed E-state index contributed by atoms with van der Waals surface area (Å²) in [6.07, 6.45) is -4.58. The Morgan fingerprint density at radius 3 is 2.36 bits per heavy atom. The van der Waals surface area contributed by atoms with Crippen molar-refractivity contribution < 1.29 is 27.9 Å². The molecule has 0 spiro atoms. The van der Waals surface area contributed by atoms with E-state index >= 15 is 0 Å². The van der Waals surface area contributed by atoms with Crippen molar-refractivity contribution in [3.05, 3.63) is 29.8 Å². The third kappa shape index (κ3) is 4.57. The first kappa shape index (κ1) is 20.4. The van der Waals surface area contributed by atoms with Crippen molar-refractivity contribution in [3.8, 4) is 0 Å². The van der Waals surface area contributed by atoms with Gasteiger partial charge in [0.1, 0.15) is 0 Å². The van der Waals surface area contributed by atoms with Crippen LogP contribution in [-0.2, 0) is 9.59 Å². The van der Waals surface area contributed by atoms with Gasteiger partial charge in [0.2, 0.25) is 5.91 Å². The molecule has 1 amide bonds.